The number of hydrogen-bond donors (Lipinski definition) is 1. The molecule has 1 N–H and O–H groups in total. The van der Waals surface area contributed by atoms with Crippen molar-refractivity contribution in [2.45, 2.75) is 45.6 Å². The van der Waals surface area contributed by atoms with Gasteiger partial charge in [0.05, 0.1) is 23.0 Å². The maximum Gasteiger partial charge on any atom is 0.214 e. The summed E-state index contributed by atoms with van der Waals surface area (Å²) < 4.78 is 8.33. The summed E-state index contributed by atoms with van der Waals surface area (Å²) in [7, 11) is 0. The second-order valence-electron chi connectivity index (χ2n) is 6.90. The van der Waals surface area contributed by atoms with Crippen molar-refractivity contribution in [3.63, 3.8) is 0 Å². The molecule has 2 atom stereocenters. The topological polar surface area (TPSA) is 30.1 Å². The number of hydrogen-bond acceptors (Lipinski definition) is 2. The Kier molecular flexibility index (Phi) is 3.34. The second-order valence-corrected chi connectivity index (χ2v) is 6.90. The molecular weight excluding hydrogens is 296 g/mol. The quantitative estimate of drug-likeness (QED) is 0.667. The van der Waals surface area contributed by atoms with Crippen LogP contribution in [-0.2, 0) is 5.41 Å². The van der Waals surface area contributed by atoms with Crippen molar-refractivity contribution in [2.75, 3.05) is 5.32 Å². The molecule has 1 aromatic carbocycles. The SMILES string of the molecule is C/C=C\c1c2c3c(coc3n1-c1ccccc1)C(C)(CC)[C@@H](C)N2. The molecule has 124 valence electrons. The van der Waals surface area contributed by atoms with Gasteiger partial charge in [0, 0.05) is 22.7 Å². The number of benzene rings is 1. The Balaban J connectivity index is 2.10. The molecule has 2 aromatic heterocycles. The summed E-state index contributed by atoms with van der Waals surface area (Å²) in [4.78, 5) is 0. The smallest absolute Gasteiger partial charge is 0.214 e. The predicted molar refractivity (Wildman–Crippen MR) is 101 cm³/mol. The van der Waals surface area contributed by atoms with Crippen molar-refractivity contribution >= 4 is 22.9 Å². The molecule has 3 heteroatoms. The van der Waals surface area contributed by atoms with Gasteiger partial charge < -0.3 is 9.73 Å². The number of aromatic nitrogens is 1. The highest BCUT2D eigenvalue weighted by atomic mass is 16.3. The van der Waals surface area contributed by atoms with Crippen molar-refractivity contribution in [1.82, 2.24) is 4.57 Å². The highest BCUT2D eigenvalue weighted by molar-refractivity contribution is 6.01. The van der Waals surface area contributed by atoms with E-state index in [0.717, 1.165) is 23.5 Å². The van der Waals surface area contributed by atoms with Gasteiger partial charge >= 0.3 is 0 Å². The van der Waals surface area contributed by atoms with Crippen LogP contribution in [0.4, 0.5) is 5.69 Å². The average Bonchev–Trinajstić information content (AvgIpc) is 3.15. The van der Waals surface area contributed by atoms with E-state index in [-0.39, 0.29) is 5.41 Å². The molecule has 24 heavy (non-hydrogen) atoms. The Hall–Kier alpha value is -2.42. The Morgan fingerprint density at radius 2 is 2.04 bits per heavy atom. The van der Waals surface area contributed by atoms with Crippen molar-refractivity contribution < 1.29 is 4.42 Å². The lowest BCUT2D eigenvalue weighted by molar-refractivity contribution is 0.393. The maximum absolute atomic E-state index is 6.11. The molecule has 0 bridgehead atoms. The first-order valence-electron chi connectivity index (χ1n) is 8.72. The second kappa shape index (κ2) is 5.30. The highest BCUT2D eigenvalue weighted by Crippen LogP contribution is 2.49. The van der Waals surface area contributed by atoms with Crippen LogP contribution >= 0.6 is 0 Å². The number of nitrogens with one attached hydrogen (secondary N) is 1. The van der Waals surface area contributed by atoms with Crippen LogP contribution in [0.3, 0.4) is 0 Å². The van der Waals surface area contributed by atoms with E-state index < -0.39 is 0 Å². The van der Waals surface area contributed by atoms with Crippen LogP contribution in [0, 0.1) is 0 Å². The van der Waals surface area contributed by atoms with Gasteiger partial charge in [0.15, 0.2) is 0 Å². The molecular formula is C21H24N2O. The Bertz CT molecular complexity index is 916. The Morgan fingerprint density at radius 3 is 2.71 bits per heavy atom. The molecule has 0 spiro atoms. The first kappa shape index (κ1) is 15.1. The van der Waals surface area contributed by atoms with Crippen LogP contribution in [0.2, 0.25) is 0 Å². The first-order chi connectivity index (χ1) is 11.6. The number of allylic oxidation sites excluding steroid dienone is 1. The number of nitrogens with zero attached hydrogens (tertiary/aromatic N) is 1. The van der Waals surface area contributed by atoms with E-state index in [1.54, 1.807) is 0 Å². The molecule has 4 rings (SSSR count). The van der Waals surface area contributed by atoms with E-state index in [0.29, 0.717) is 6.04 Å². The van der Waals surface area contributed by atoms with Crippen LogP contribution in [0.1, 0.15) is 45.4 Å². The van der Waals surface area contributed by atoms with Crippen LogP contribution < -0.4 is 5.32 Å². The van der Waals surface area contributed by atoms with Gasteiger partial charge in [0.25, 0.3) is 0 Å². The third-order valence-corrected chi connectivity index (χ3v) is 5.73. The summed E-state index contributed by atoms with van der Waals surface area (Å²) in [6, 6.07) is 10.8. The monoisotopic (exact) mass is 320 g/mol. The lowest BCUT2D eigenvalue weighted by Gasteiger charge is -2.39. The maximum atomic E-state index is 6.11. The molecule has 0 aliphatic carbocycles. The van der Waals surface area contributed by atoms with Crippen LogP contribution in [0.15, 0.2) is 47.1 Å². The van der Waals surface area contributed by atoms with E-state index in [1.807, 2.05) is 12.3 Å². The molecule has 0 saturated heterocycles. The zero-order chi connectivity index (χ0) is 16.9. The molecule has 0 saturated carbocycles. The van der Waals surface area contributed by atoms with Gasteiger partial charge in [-0.3, -0.25) is 4.57 Å². The largest absolute Gasteiger partial charge is 0.447 e. The number of para-hydroxylation sites is 1. The van der Waals surface area contributed by atoms with Crippen molar-refractivity contribution in [2.24, 2.45) is 0 Å². The van der Waals surface area contributed by atoms with E-state index >= 15 is 0 Å². The van der Waals surface area contributed by atoms with Crippen molar-refractivity contribution in [3.05, 3.63) is 53.9 Å². The molecule has 3 heterocycles. The summed E-state index contributed by atoms with van der Waals surface area (Å²) in [6.45, 7) is 8.90. The minimum Gasteiger partial charge on any atom is -0.447 e. The summed E-state index contributed by atoms with van der Waals surface area (Å²) in [5.74, 6) is 0. The molecule has 3 aromatic rings. The molecule has 3 nitrogen and oxygen atoms in total. The lowest BCUT2D eigenvalue weighted by Crippen LogP contribution is -2.41. The Labute approximate surface area is 143 Å². The molecule has 0 amide bonds. The number of furan rings is 1. The van der Waals surface area contributed by atoms with Gasteiger partial charge in [-0.1, -0.05) is 38.1 Å². The molecule has 0 radical (unpaired) electrons. The third-order valence-electron chi connectivity index (χ3n) is 5.73. The van der Waals surface area contributed by atoms with Gasteiger partial charge in [-0.15, -0.1) is 0 Å². The minimum atomic E-state index is 0.0777. The standard InChI is InChI=1S/C21H24N2O/c1-5-10-17-19-18-16(21(4,6-2)14(3)22-19)13-24-20(18)23(17)15-11-8-7-9-12-15/h5,7-14,22H,6H2,1-4H3/b10-5-/t14-,21?/m1/s1. The molecule has 1 aliphatic heterocycles. The first-order valence-corrected chi connectivity index (χ1v) is 8.72. The van der Waals surface area contributed by atoms with Gasteiger partial charge in [-0.25, -0.2) is 0 Å². The van der Waals surface area contributed by atoms with E-state index in [2.05, 4.69) is 74.0 Å². The summed E-state index contributed by atoms with van der Waals surface area (Å²) in [5, 5.41) is 4.99. The molecule has 1 aliphatic rings. The van der Waals surface area contributed by atoms with Gasteiger partial charge in [-0.05, 0) is 38.5 Å². The van der Waals surface area contributed by atoms with Gasteiger partial charge in [-0.2, -0.15) is 0 Å². The normalized spacial score (nSPS) is 23.1. The fourth-order valence-electron chi connectivity index (χ4n) is 3.92. The average molecular weight is 320 g/mol. The van der Waals surface area contributed by atoms with Crippen LogP contribution in [0.25, 0.3) is 22.9 Å². The fourth-order valence-corrected chi connectivity index (χ4v) is 3.92. The van der Waals surface area contributed by atoms with Crippen LogP contribution in [-0.4, -0.2) is 10.6 Å². The van der Waals surface area contributed by atoms with Crippen LogP contribution in [0.5, 0.6) is 0 Å². The predicted octanol–water partition coefficient (Wildman–Crippen LogP) is 5.74. The summed E-state index contributed by atoms with van der Waals surface area (Å²) in [6.07, 6.45) is 7.29. The summed E-state index contributed by atoms with van der Waals surface area (Å²) in [5.41, 5.74) is 5.80. The van der Waals surface area contributed by atoms with Crippen molar-refractivity contribution in [3.8, 4) is 5.69 Å². The summed E-state index contributed by atoms with van der Waals surface area (Å²) >= 11 is 0. The Morgan fingerprint density at radius 1 is 1.29 bits per heavy atom. The zero-order valence-corrected chi connectivity index (χ0v) is 14.8. The van der Waals surface area contributed by atoms with E-state index in [9.17, 15) is 0 Å². The van der Waals surface area contributed by atoms with Gasteiger partial charge in [0.1, 0.15) is 0 Å². The molecule has 1 unspecified atom stereocenters. The van der Waals surface area contributed by atoms with E-state index in [4.69, 9.17) is 4.42 Å². The molecule has 0 fully saturated rings. The minimum absolute atomic E-state index is 0.0777. The number of rotatable bonds is 3. The van der Waals surface area contributed by atoms with E-state index in [1.165, 1.54) is 16.6 Å². The van der Waals surface area contributed by atoms with Crippen molar-refractivity contribution in [1.29, 1.82) is 0 Å². The fraction of sp³-hybridized carbons (Fsp3) is 0.333. The third kappa shape index (κ3) is 1.84. The zero-order valence-electron chi connectivity index (χ0n) is 14.8. The number of anilines is 1. The van der Waals surface area contributed by atoms with Gasteiger partial charge in [0.2, 0.25) is 5.71 Å². The lowest BCUT2D eigenvalue weighted by atomic mass is 9.72. The highest BCUT2D eigenvalue weighted by Gasteiger charge is 2.41.